The standard InChI is InChI=1S/C16H20N2O3/c1-11-9-18(10-12(2)20-11)16(19)13(3)21-15-6-4-5-14(7-15)8-17/h4-7,11-13H,9-10H2,1-3H3. The smallest absolute Gasteiger partial charge is 0.263 e. The molecule has 1 aromatic carbocycles. The van der Waals surface area contributed by atoms with Gasteiger partial charge >= 0.3 is 0 Å². The number of amides is 1. The van der Waals surface area contributed by atoms with Crippen molar-refractivity contribution in [1.82, 2.24) is 4.90 Å². The minimum Gasteiger partial charge on any atom is -0.481 e. The zero-order valence-corrected chi connectivity index (χ0v) is 12.6. The Balaban J connectivity index is 2.00. The maximum atomic E-state index is 12.4. The Morgan fingerprint density at radius 3 is 2.71 bits per heavy atom. The van der Waals surface area contributed by atoms with Crippen molar-refractivity contribution in [1.29, 1.82) is 5.26 Å². The molecule has 0 saturated carbocycles. The topological polar surface area (TPSA) is 62.6 Å². The zero-order chi connectivity index (χ0) is 15.4. The number of morpholine rings is 1. The number of hydrogen-bond acceptors (Lipinski definition) is 4. The predicted molar refractivity (Wildman–Crippen MR) is 77.8 cm³/mol. The van der Waals surface area contributed by atoms with Crippen LogP contribution in [0.15, 0.2) is 24.3 Å². The van der Waals surface area contributed by atoms with Gasteiger partial charge in [0.15, 0.2) is 6.10 Å². The van der Waals surface area contributed by atoms with Crippen LogP contribution in [0, 0.1) is 11.3 Å². The van der Waals surface area contributed by atoms with Crippen molar-refractivity contribution < 1.29 is 14.3 Å². The first kappa shape index (κ1) is 15.3. The molecule has 1 saturated heterocycles. The Morgan fingerprint density at radius 2 is 2.10 bits per heavy atom. The van der Waals surface area contributed by atoms with E-state index in [0.29, 0.717) is 24.4 Å². The first-order valence-electron chi connectivity index (χ1n) is 7.10. The van der Waals surface area contributed by atoms with Crippen LogP contribution in [0.25, 0.3) is 0 Å². The number of hydrogen-bond donors (Lipinski definition) is 0. The summed E-state index contributed by atoms with van der Waals surface area (Å²) in [4.78, 5) is 14.2. The normalized spacial score (nSPS) is 23.2. The molecular formula is C16H20N2O3. The van der Waals surface area contributed by atoms with Gasteiger partial charge in [0.25, 0.3) is 5.91 Å². The van der Waals surface area contributed by atoms with Crippen molar-refractivity contribution in [2.45, 2.75) is 39.1 Å². The van der Waals surface area contributed by atoms with Gasteiger partial charge < -0.3 is 14.4 Å². The summed E-state index contributed by atoms with van der Waals surface area (Å²) in [6.45, 7) is 6.80. The minimum atomic E-state index is -0.587. The van der Waals surface area contributed by atoms with E-state index in [0.717, 1.165) is 0 Å². The van der Waals surface area contributed by atoms with Crippen molar-refractivity contribution in [3.63, 3.8) is 0 Å². The summed E-state index contributed by atoms with van der Waals surface area (Å²) in [6, 6.07) is 8.87. The van der Waals surface area contributed by atoms with Crippen LogP contribution < -0.4 is 4.74 Å². The van der Waals surface area contributed by atoms with E-state index in [-0.39, 0.29) is 18.1 Å². The van der Waals surface area contributed by atoms with Crippen LogP contribution in [0.1, 0.15) is 26.3 Å². The number of carbonyl (C=O) groups excluding carboxylic acids is 1. The Morgan fingerprint density at radius 1 is 1.43 bits per heavy atom. The first-order chi connectivity index (χ1) is 9.99. The maximum Gasteiger partial charge on any atom is 0.263 e. The van der Waals surface area contributed by atoms with E-state index in [2.05, 4.69) is 6.07 Å². The van der Waals surface area contributed by atoms with Gasteiger partial charge in [-0.25, -0.2) is 0 Å². The third kappa shape index (κ3) is 3.96. The van der Waals surface area contributed by atoms with Gasteiger partial charge in [-0.05, 0) is 39.0 Å². The molecule has 0 radical (unpaired) electrons. The maximum absolute atomic E-state index is 12.4. The molecule has 1 aromatic rings. The Bertz CT molecular complexity index is 543. The molecule has 1 heterocycles. The fourth-order valence-corrected chi connectivity index (χ4v) is 2.51. The number of nitrogens with zero attached hydrogens (tertiary/aromatic N) is 2. The molecule has 5 nitrogen and oxygen atoms in total. The predicted octanol–water partition coefficient (Wildman–Crippen LogP) is 1.96. The van der Waals surface area contributed by atoms with E-state index in [1.165, 1.54) is 0 Å². The Kier molecular flexibility index (Phi) is 4.81. The van der Waals surface area contributed by atoms with Gasteiger partial charge in [0.2, 0.25) is 0 Å². The number of benzene rings is 1. The lowest BCUT2D eigenvalue weighted by molar-refractivity contribution is -0.149. The highest BCUT2D eigenvalue weighted by Gasteiger charge is 2.29. The fourth-order valence-electron chi connectivity index (χ4n) is 2.51. The van der Waals surface area contributed by atoms with E-state index >= 15 is 0 Å². The molecule has 0 spiro atoms. The third-order valence-electron chi connectivity index (χ3n) is 3.36. The van der Waals surface area contributed by atoms with Gasteiger partial charge in [0.1, 0.15) is 5.75 Å². The van der Waals surface area contributed by atoms with Gasteiger partial charge in [-0.3, -0.25) is 4.79 Å². The molecule has 1 amide bonds. The molecule has 2 rings (SSSR count). The number of rotatable bonds is 3. The molecule has 1 aliphatic heterocycles. The van der Waals surface area contributed by atoms with E-state index in [4.69, 9.17) is 14.7 Å². The average molecular weight is 288 g/mol. The van der Waals surface area contributed by atoms with Crippen molar-refractivity contribution in [3.8, 4) is 11.8 Å². The lowest BCUT2D eigenvalue weighted by Gasteiger charge is -2.36. The van der Waals surface area contributed by atoms with Gasteiger partial charge in [-0.1, -0.05) is 6.07 Å². The summed E-state index contributed by atoms with van der Waals surface area (Å²) in [5.74, 6) is 0.476. The lowest BCUT2D eigenvalue weighted by Crippen LogP contribution is -2.51. The van der Waals surface area contributed by atoms with Crippen molar-refractivity contribution >= 4 is 5.91 Å². The second-order valence-electron chi connectivity index (χ2n) is 5.40. The number of ether oxygens (including phenoxy) is 2. The SMILES string of the molecule is CC1CN(C(=O)C(C)Oc2cccc(C#N)c2)CC(C)O1. The van der Waals surface area contributed by atoms with Gasteiger partial charge in [-0.15, -0.1) is 0 Å². The molecule has 0 bridgehead atoms. The summed E-state index contributed by atoms with van der Waals surface area (Å²) in [5.41, 5.74) is 0.515. The molecule has 0 N–H and O–H groups in total. The van der Waals surface area contributed by atoms with E-state index in [1.54, 1.807) is 36.1 Å². The zero-order valence-electron chi connectivity index (χ0n) is 12.6. The molecular weight excluding hydrogens is 268 g/mol. The lowest BCUT2D eigenvalue weighted by atomic mass is 10.2. The van der Waals surface area contributed by atoms with Crippen LogP contribution in [0.3, 0.4) is 0 Å². The van der Waals surface area contributed by atoms with Gasteiger partial charge in [0, 0.05) is 13.1 Å². The van der Waals surface area contributed by atoms with Gasteiger partial charge in [0.05, 0.1) is 23.8 Å². The fraction of sp³-hybridized carbons (Fsp3) is 0.500. The van der Waals surface area contributed by atoms with E-state index in [1.807, 2.05) is 13.8 Å². The summed E-state index contributed by atoms with van der Waals surface area (Å²) in [6.07, 6.45) is -0.518. The monoisotopic (exact) mass is 288 g/mol. The van der Waals surface area contributed by atoms with E-state index in [9.17, 15) is 4.79 Å². The summed E-state index contributed by atoms with van der Waals surface area (Å²) >= 11 is 0. The molecule has 3 atom stereocenters. The first-order valence-corrected chi connectivity index (χ1v) is 7.10. The van der Waals surface area contributed by atoms with Crippen molar-refractivity contribution in [2.75, 3.05) is 13.1 Å². The third-order valence-corrected chi connectivity index (χ3v) is 3.36. The number of carbonyl (C=O) groups is 1. The largest absolute Gasteiger partial charge is 0.481 e. The summed E-state index contributed by atoms with van der Waals surface area (Å²) in [7, 11) is 0. The summed E-state index contributed by atoms with van der Waals surface area (Å²) < 4.78 is 11.3. The van der Waals surface area contributed by atoms with Crippen LogP contribution in [0.2, 0.25) is 0 Å². The van der Waals surface area contributed by atoms with Crippen LogP contribution >= 0.6 is 0 Å². The van der Waals surface area contributed by atoms with Crippen LogP contribution in [0.4, 0.5) is 0 Å². The molecule has 1 aliphatic rings. The number of nitriles is 1. The highest BCUT2D eigenvalue weighted by atomic mass is 16.5. The molecule has 112 valence electrons. The molecule has 1 fully saturated rings. The highest BCUT2D eigenvalue weighted by Crippen LogP contribution is 2.17. The average Bonchev–Trinajstić information content (AvgIpc) is 2.45. The molecule has 21 heavy (non-hydrogen) atoms. The Labute approximate surface area is 125 Å². The van der Waals surface area contributed by atoms with Crippen LogP contribution in [-0.4, -0.2) is 42.2 Å². The van der Waals surface area contributed by atoms with Crippen LogP contribution in [0.5, 0.6) is 5.75 Å². The molecule has 5 heteroatoms. The second-order valence-corrected chi connectivity index (χ2v) is 5.40. The molecule has 0 aliphatic carbocycles. The molecule has 3 unspecified atom stereocenters. The quantitative estimate of drug-likeness (QED) is 0.853. The summed E-state index contributed by atoms with van der Waals surface area (Å²) in [5, 5.41) is 8.87. The van der Waals surface area contributed by atoms with Crippen molar-refractivity contribution in [3.05, 3.63) is 29.8 Å². The molecule has 0 aromatic heterocycles. The van der Waals surface area contributed by atoms with Gasteiger partial charge in [-0.2, -0.15) is 5.26 Å². The second kappa shape index (κ2) is 6.59. The van der Waals surface area contributed by atoms with Crippen molar-refractivity contribution in [2.24, 2.45) is 0 Å². The van der Waals surface area contributed by atoms with E-state index < -0.39 is 6.10 Å². The van der Waals surface area contributed by atoms with Crippen LogP contribution in [-0.2, 0) is 9.53 Å². The highest BCUT2D eigenvalue weighted by molar-refractivity contribution is 5.81. The Hall–Kier alpha value is -2.06. The minimum absolute atomic E-state index is 0.0341.